The van der Waals surface area contributed by atoms with Crippen LogP contribution in [0.25, 0.3) is 0 Å². The molecule has 0 bridgehead atoms. The van der Waals surface area contributed by atoms with Crippen LogP contribution in [0.2, 0.25) is 5.02 Å². The van der Waals surface area contributed by atoms with Crippen LogP contribution in [0.4, 0.5) is 34.0 Å². The van der Waals surface area contributed by atoms with E-state index >= 15 is 0 Å². The number of alkyl halides is 3. The number of amides is 2. The summed E-state index contributed by atoms with van der Waals surface area (Å²) in [5.74, 6) is -1.69. The second-order valence-corrected chi connectivity index (χ2v) is 4.84. The third-order valence-electron chi connectivity index (χ3n) is 2.71. The second-order valence-electron chi connectivity index (χ2n) is 4.44. The summed E-state index contributed by atoms with van der Waals surface area (Å²) < 4.78 is 52.5. The lowest BCUT2D eigenvalue weighted by molar-refractivity contribution is -0.141. The van der Waals surface area contributed by atoms with E-state index < -0.39 is 35.4 Å². The number of primary amides is 1. The van der Waals surface area contributed by atoms with Crippen molar-refractivity contribution < 1.29 is 22.4 Å². The molecule has 0 spiro atoms. The zero-order chi connectivity index (χ0) is 17.4. The summed E-state index contributed by atoms with van der Waals surface area (Å²) in [6.07, 6.45) is -4.77. The maximum Gasteiger partial charge on any atom is 0.433 e. The fourth-order valence-corrected chi connectivity index (χ4v) is 2.06. The van der Waals surface area contributed by atoms with Crippen LogP contribution in [-0.2, 0) is 6.18 Å². The number of hydrogen-bond donors (Lipinski definition) is 1. The van der Waals surface area contributed by atoms with Crippen LogP contribution in [0.5, 0.6) is 0 Å². The number of rotatable bonds is 2. The highest BCUT2D eigenvalue weighted by molar-refractivity contribution is 6.34. The molecular weight excluding hydrogens is 340 g/mol. The second kappa shape index (κ2) is 5.99. The quantitative estimate of drug-likeness (QED) is 0.839. The van der Waals surface area contributed by atoms with E-state index in [-0.39, 0.29) is 10.7 Å². The van der Waals surface area contributed by atoms with Gasteiger partial charge in [-0.3, -0.25) is 0 Å². The van der Waals surface area contributed by atoms with Gasteiger partial charge in [0.05, 0.1) is 5.02 Å². The Balaban J connectivity index is 2.69. The summed E-state index contributed by atoms with van der Waals surface area (Å²) in [6, 6.07) is 2.88. The summed E-state index contributed by atoms with van der Waals surface area (Å²) >= 11 is 5.82. The van der Waals surface area contributed by atoms with Crippen LogP contribution in [0, 0.1) is 12.7 Å². The van der Waals surface area contributed by atoms with Crippen LogP contribution < -0.4 is 10.6 Å². The molecule has 0 fully saturated rings. The number of aromatic nitrogens is 2. The van der Waals surface area contributed by atoms with Gasteiger partial charge in [-0.1, -0.05) is 17.7 Å². The van der Waals surface area contributed by atoms with Crippen molar-refractivity contribution >= 4 is 29.3 Å². The molecule has 0 saturated heterocycles. The van der Waals surface area contributed by atoms with Gasteiger partial charge < -0.3 is 5.73 Å². The van der Waals surface area contributed by atoms with Crippen molar-refractivity contribution in [1.82, 2.24) is 9.97 Å². The minimum Gasteiger partial charge on any atom is -0.351 e. The van der Waals surface area contributed by atoms with E-state index in [1.165, 1.54) is 19.1 Å². The molecule has 2 aromatic rings. The first-order valence-electron chi connectivity index (χ1n) is 6.07. The zero-order valence-corrected chi connectivity index (χ0v) is 12.3. The van der Waals surface area contributed by atoms with E-state index in [0.717, 1.165) is 6.07 Å². The number of para-hydroxylation sites is 1. The smallest absolute Gasteiger partial charge is 0.351 e. The summed E-state index contributed by atoms with van der Waals surface area (Å²) in [7, 11) is 0. The van der Waals surface area contributed by atoms with E-state index in [1.54, 1.807) is 0 Å². The molecular formula is C13H9ClF4N4O. The Morgan fingerprint density at radius 2 is 1.96 bits per heavy atom. The van der Waals surface area contributed by atoms with Crippen molar-refractivity contribution in [2.75, 3.05) is 4.90 Å². The van der Waals surface area contributed by atoms with E-state index in [4.69, 9.17) is 17.3 Å². The van der Waals surface area contributed by atoms with E-state index in [9.17, 15) is 22.4 Å². The largest absolute Gasteiger partial charge is 0.433 e. The zero-order valence-electron chi connectivity index (χ0n) is 11.5. The van der Waals surface area contributed by atoms with Gasteiger partial charge in [0.1, 0.15) is 17.2 Å². The number of carbonyl (C=O) groups excluding carboxylic acids is 1. The molecule has 0 aliphatic rings. The molecule has 2 amide bonds. The third kappa shape index (κ3) is 3.50. The monoisotopic (exact) mass is 348 g/mol. The van der Waals surface area contributed by atoms with Gasteiger partial charge in [-0.2, -0.15) is 13.2 Å². The third-order valence-corrected chi connectivity index (χ3v) is 3.02. The number of anilines is 2. The number of carbonyl (C=O) groups is 1. The number of nitrogens with two attached hydrogens (primary N) is 1. The number of aryl methyl sites for hydroxylation is 1. The number of halogens is 5. The molecule has 0 aliphatic carbocycles. The Morgan fingerprint density at radius 3 is 2.48 bits per heavy atom. The summed E-state index contributed by atoms with van der Waals surface area (Å²) in [6.45, 7) is 1.27. The standard InChI is InChI=1S/C13H9ClF4N4O/c1-6-5-9(13(16,17)18)21-12(20-6)22(11(19)23)10-7(14)3-2-4-8(10)15/h2-5H,1H3,(H2,19,23). The van der Waals surface area contributed by atoms with Gasteiger partial charge in [-0.15, -0.1) is 0 Å². The molecule has 0 saturated carbocycles. The molecule has 23 heavy (non-hydrogen) atoms. The highest BCUT2D eigenvalue weighted by Crippen LogP contribution is 2.34. The Labute approximate surface area is 132 Å². The maximum atomic E-state index is 14.0. The molecule has 2 N–H and O–H groups in total. The van der Waals surface area contributed by atoms with Gasteiger partial charge in [0.15, 0.2) is 0 Å². The molecule has 0 unspecified atom stereocenters. The summed E-state index contributed by atoms with van der Waals surface area (Å²) in [5.41, 5.74) is 3.25. The first kappa shape index (κ1) is 16.9. The molecule has 1 aromatic carbocycles. The number of urea groups is 1. The lowest BCUT2D eigenvalue weighted by Crippen LogP contribution is -2.34. The predicted octanol–water partition coefficient (Wildman–Crippen LogP) is 3.81. The van der Waals surface area contributed by atoms with Crippen molar-refractivity contribution in [2.45, 2.75) is 13.1 Å². The van der Waals surface area contributed by atoms with Gasteiger partial charge >= 0.3 is 12.2 Å². The predicted molar refractivity (Wildman–Crippen MR) is 74.9 cm³/mol. The lowest BCUT2D eigenvalue weighted by Gasteiger charge is -2.21. The summed E-state index contributed by atoms with van der Waals surface area (Å²) in [4.78, 5) is 19.0. The molecule has 0 aliphatic heterocycles. The van der Waals surface area contributed by atoms with E-state index in [1.807, 2.05) is 0 Å². The van der Waals surface area contributed by atoms with Gasteiger partial charge in [-0.25, -0.2) is 24.1 Å². The van der Waals surface area contributed by atoms with Gasteiger partial charge in [0.25, 0.3) is 0 Å². The Morgan fingerprint density at radius 1 is 1.30 bits per heavy atom. The number of benzene rings is 1. The van der Waals surface area contributed by atoms with Gasteiger partial charge in [0, 0.05) is 5.69 Å². The normalized spacial score (nSPS) is 11.4. The molecule has 122 valence electrons. The molecule has 5 nitrogen and oxygen atoms in total. The van der Waals surface area contributed by atoms with Crippen LogP contribution in [0.1, 0.15) is 11.4 Å². The molecule has 0 atom stereocenters. The Hall–Kier alpha value is -2.42. The fraction of sp³-hybridized carbons (Fsp3) is 0.154. The highest BCUT2D eigenvalue weighted by Gasteiger charge is 2.35. The van der Waals surface area contributed by atoms with Crippen molar-refractivity contribution in [3.05, 3.63) is 46.5 Å². The molecule has 1 aromatic heterocycles. The van der Waals surface area contributed by atoms with Crippen LogP contribution in [0.3, 0.4) is 0 Å². The average molecular weight is 349 g/mol. The van der Waals surface area contributed by atoms with Crippen molar-refractivity contribution in [1.29, 1.82) is 0 Å². The average Bonchev–Trinajstić information content (AvgIpc) is 2.40. The van der Waals surface area contributed by atoms with E-state index in [2.05, 4.69) is 9.97 Å². The summed E-state index contributed by atoms with van der Waals surface area (Å²) in [5, 5.41) is -0.234. The molecule has 0 radical (unpaired) electrons. The minimum absolute atomic E-state index is 0.0824. The topological polar surface area (TPSA) is 72.1 Å². The van der Waals surface area contributed by atoms with Crippen molar-refractivity contribution in [3.8, 4) is 0 Å². The van der Waals surface area contributed by atoms with Crippen molar-refractivity contribution in [2.24, 2.45) is 5.73 Å². The first-order valence-corrected chi connectivity index (χ1v) is 6.45. The van der Waals surface area contributed by atoms with Crippen LogP contribution in [-0.4, -0.2) is 16.0 Å². The number of nitrogens with zero attached hydrogens (tertiary/aromatic N) is 3. The van der Waals surface area contributed by atoms with Crippen LogP contribution >= 0.6 is 11.6 Å². The maximum absolute atomic E-state index is 14.0. The lowest BCUT2D eigenvalue weighted by atomic mass is 10.2. The van der Waals surface area contributed by atoms with Gasteiger partial charge in [-0.05, 0) is 25.1 Å². The first-order chi connectivity index (χ1) is 10.6. The molecule has 1 heterocycles. The highest BCUT2D eigenvalue weighted by atomic mass is 35.5. The van der Waals surface area contributed by atoms with Gasteiger partial charge in [0.2, 0.25) is 5.95 Å². The Bertz CT molecular complexity index is 746. The van der Waals surface area contributed by atoms with E-state index in [0.29, 0.717) is 11.0 Å². The molecule has 10 heteroatoms. The van der Waals surface area contributed by atoms with Crippen LogP contribution in [0.15, 0.2) is 24.3 Å². The SMILES string of the molecule is Cc1cc(C(F)(F)F)nc(N(C(N)=O)c2c(F)cccc2Cl)n1. The minimum atomic E-state index is -4.77. The Kier molecular flexibility index (Phi) is 4.42. The number of hydrogen-bond acceptors (Lipinski definition) is 3. The molecule has 2 rings (SSSR count). The van der Waals surface area contributed by atoms with Crippen molar-refractivity contribution in [3.63, 3.8) is 0 Å². The fourth-order valence-electron chi connectivity index (χ4n) is 1.81.